The lowest BCUT2D eigenvalue weighted by Gasteiger charge is -2.22. The fraction of sp³-hybridized carbons (Fsp3) is 0.353. The van der Waals surface area contributed by atoms with Gasteiger partial charge in [-0.3, -0.25) is 4.79 Å². The Morgan fingerprint density at radius 1 is 1.38 bits per heavy atom. The Balaban J connectivity index is 1.96. The van der Waals surface area contributed by atoms with Crippen LogP contribution in [0.15, 0.2) is 41.0 Å². The van der Waals surface area contributed by atoms with Crippen LogP contribution in [0.2, 0.25) is 0 Å². The number of carbonyl (C=O) groups is 1. The molecule has 1 saturated carbocycles. The van der Waals surface area contributed by atoms with Crippen molar-refractivity contribution >= 4 is 27.5 Å². The molecule has 0 N–H and O–H groups in total. The fourth-order valence-corrected chi connectivity index (χ4v) is 3.09. The Hall–Kier alpha value is -1.55. The lowest BCUT2D eigenvalue weighted by molar-refractivity contribution is 0.0979. The van der Waals surface area contributed by atoms with E-state index in [4.69, 9.17) is 0 Å². The first-order valence-electron chi connectivity index (χ1n) is 7.36. The molecule has 2 aromatic rings. The van der Waals surface area contributed by atoms with Crippen LogP contribution >= 0.6 is 15.9 Å². The molecule has 0 radical (unpaired) electrons. The molecule has 0 saturated heterocycles. The van der Waals surface area contributed by atoms with Crippen LogP contribution < -0.4 is 4.90 Å². The molecule has 1 amide bonds. The number of halogens is 1. The summed E-state index contributed by atoms with van der Waals surface area (Å²) in [5.41, 5.74) is 2.90. The molecule has 0 atom stereocenters. The minimum Gasteiger partial charge on any atom is -0.339 e. The van der Waals surface area contributed by atoms with E-state index in [1.807, 2.05) is 49.2 Å². The number of carbonyl (C=O) groups excluding carboxylic acids is 1. The van der Waals surface area contributed by atoms with Crippen molar-refractivity contribution in [1.29, 1.82) is 0 Å². The summed E-state index contributed by atoms with van der Waals surface area (Å²) in [7, 11) is 0. The monoisotopic (exact) mass is 346 g/mol. The zero-order valence-corrected chi connectivity index (χ0v) is 13.9. The van der Waals surface area contributed by atoms with E-state index in [1.54, 1.807) is 0 Å². The Bertz CT molecular complexity index is 673. The fourth-order valence-electron chi connectivity index (χ4n) is 2.65. The number of hydrogen-bond acceptors (Lipinski definition) is 1. The molecule has 0 bridgehead atoms. The Morgan fingerprint density at radius 3 is 2.76 bits per heavy atom. The van der Waals surface area contributed by atoms with Gasteiger partial charge in [0.05, 0.1) is 0 Å². The molecule has 1 heterocycles. The Morgan fingerprint density at radius 2 is 2.14 bits per heavy atom. The highest BCUT2D eigenvalue weighted by molar-refractivity contribution is 9.10. The Kier molecular flexibility index (Phi) is 3.89. The SMILES string of the molecule is CCN(C(=O)c1cc(Br)cn1C1CC1)c1cccc(C)c1. The topological polar surface area (TPSA) is 25.2 Å². The second-order valence-electron chi connectivity index (χ2n) is 5.57. The van der Waals surface area contributed by atoms with E-state index >= 15 is 0 Å². The lowest BCUT2D eigenvalue weighted by atomic mass is 10.2. The van der Waals surface area contributed by atoms with Crippen molar-refractivity contribution in [2.45, 2.75) is 32.7 Å². The van der Waals surface area contributed by atoms with Crippen LogP contribution in [-0.2, 0) is 0 Å². The molecule has 3 nitrogen and oxygen atoms in total. The molecule has 4 heteroatoms. The predicted octanol–water partition coefficient (Wildman–Crippen LogP) is 4.56. The minimum absolute atomic E-state index is 0.0701. The zero-order chi connectivity index (χ0) is 15.0. The van der Waals surface area contributed by atoms with E-state index in [2.05, 4.69) is 26.6 Å². The van der Waals surface area contributed by atoms with Gasteiger partial charge in [0.15, 0.2) is 0 Å². The van der Waals surface area contributed by atoms with E-state index in [0.717, 1.165) is 34.3 Å². The van der Waals surface area contributed by atoms with Gasteiger partial charge in [-0.1, -0.05) is 12.1 Å². The van der Waals surface area contributed by atoms with Crippen molar-refractivity contribution in [3.63, 3.8) is 0 Å². The number of rotatable bonds is 4. The summed E-state index contributed by atoms with van der Waals surface area (Å²) in [5.74, 6) is 0.0701. The number of amides is 1. The van der Waals surface area contributed by atoms with Crippen molar-refractivity contribution in [2.75, 3.05) is 11.4 Å². The van der Waals surface area contributed by atoms with Gasteiger partial charge in [0.1, 0.15) is 5.69 Å². The molecule has 1 aliphatic carbocycles. The van der Waals surface area contributed by atoms with E-state index < -0.39 is 0 Å². The van der Waals surface area contributed by atoms with Gasteiger partial charge in [-0.2, -0.15) is 0 Å². The maximum Gasteiger partial charge on any atom is 0.274 e. The molecular formula is C17H19BrN2O. The number of anilines is 1. The van der Waals surface area contributed by atoms with Gasteiger partial charge in [-0.25, -0.2) is 0 Å². The smallest absolute Gasteiger partial charge is 0.274 e. The molecule has 1 aromatic carbocycles. The first-order valence-corrected chi connectivity index (χ1v) is 8.15. The van der Waals surface area contributed by atoms with Gasteiger partial charge in [-0.05, 0) is 66.4 Å². The van der Waals surface area contributed by atoms with Crippen LogP contribution in [0.25, 0.3) is 0 Å². The third-order valence-corrected chi connectivity index (χ3v) is 4.28. The highest BCUT2D eigenvalue weighted by Crippen LogP contribution is 2.38. The molecular weight excluding hydrogens is 328 g/mol. The average molecular weight is 347 g/mol. The minimum atomic E-state index is 0.0701. The van der Waals surface area contributed by atoms with Gasteiger partial charge in [0, 0.05) is 28.9 Å². The number of benzene rings is 1. The van der Waals surface area contributed by atoms with Gasteiger partial charge in [0.25, 0.3) is 5.91 Å². The number of nitrogens with zero attached hydrogens (tertiary/aromatic N) is 2. The van der Waals surface area contributed by atoms with Gasteiger partial charge >= 0.3 is 0 Å². The van der Waals surface area contributed by atoms with Gasteiger partial charge in [-0.15, -0.1) is 0 Å². The van der Waals surface area contributed by atoms with Crippen molar-refractivity contribution in [3.8, 4) is 0 Å². The lowest BCUT2D eigenvalue weighted by Crippen LogP contribution is -2.32. The molecule has 3 rings (SSSR count). The van der Waals surface area contributed by atoms with Crippen LogP contribution in [0.4, 0.5) is 5.69 Å². The van der Waals surface area contributed by atoms with Crippen LogP contribution in [0.3, 0.4) is 0 Å². The van der Waals surface area contributed by atoms with Crippen molar-refractivity contribution in [2.24, 2.45) is 0 Å². The highest BCUT2D eigenvalue weighted by Gasteiger charge is 2.29. The second-order valence-corrected chi connectivity index (χ2v) is 6.49. The molecule has 1 fully saturated rings. The maximum atomic E-state index is 12.9. The van der Waals surface area contributed by atoms with Crippen LogP contribution in [-0.4, -0.2) is 17.0 Å². The van der Waals surface area contributed by atoms with E-state index in [1.165, 1.54) is 0 Å². The molecule has 0 aliphatic heterocycles. The third kappa shape index (κ3) is 2.91. The summed E-state index contributed by atoms with van der Waals surface area (Å²) >= 11 is 3.49. The normalized spacial score (nSPS) is 14.2. The first kappa shape index (κ1) is 14.4. The van der Waals surface area contributed by atoms with E-state index in [9.17, 15) is 4.79 Å². The molecule has 1 aromatic heterocycles. The van der Waals surface area contributed by atoms with Gasteiger partial charge in [0.2, 0.25) is 0 Å². The largest absolute Gasteiger partial charge is 0.339 e. The highest BCUT2D eigenvalue weighted by atomic mass is 79.9. The van der Waals surface area contributed by atoms with Crippen LogP contribution in [0.5, 0.6) is 0 Å². The van der Waals surface area contributed by atoms with Gasteiger partial charge < -0.3 is 9.47 Å². The average Bonchev–Trinajstić information content (AvgIpc) is 3.22. The number of hydrogen-bond donors (Lipinski definition) is 0. The van der Waals surface area contributed by atoms with Crippen molar-refractivity contribution < 1.29 is 4.79 Å². The zero-order valence-electron chi connectivity index (χ0n) is 12.3. The summed E-state index contributed by atoms with van der Waals surface area (Å²) < 4.78 is 3.09. The van der Waals surface area contributed by atoms with Crippen molar-refractivity contribution in [3.05, 3.63) is 52.3 Å². The summed E-state index contributed by atoms with van der Waals surface area (Å²) in [6, 6.07) is 10.5. The number of aromatic nitrogens is 1. The molecule has 1 aliphatic rings. The predicted molar refractivity (Wildman–Crippen MR) is 88.9 cm³/mol. The molecule has 21 heavy (non-hydrogen) atoms. The van der Waals surface area contributed by atoms with Crippen molar-refractivity contribution in [1.82, 2.24) is 4.57 Å². The quantitative estimate of drug-likeness (QED) is 0.796. The maximum absolute atomic E-state index is 12.9. The van der Waals surface area contributed by atoms with Crippen LogP contribution in [0.1, 0.15) is 41.9 Å². The first-order chi connectivity index (χ1) is 10.1. The summed E-state index contributed by atoms with van der Waals surface area (Å²) in [4.78, 5) is 14.8. The van der Waals surface area contributed by atoms with Crippen LogP contribution in [0, 0.1) is 6.92 Å². The third-order valence-electron chi connectivity index (χ3n) is 3.85. The summed E-state index contributed by atoms with van der Waals surface area (Å²) in [5, 5.41) is 0. The Labute approximate surface area is 133 Å². The molecule has 110 valence electrons. The summed E-state index contributed by atoms with van der Waals surface area (Å²) in [6.45, 7) is 4.72. The second kappa shape index (κ2) is 5.68. The van der Waals surface area contributed by atoms with E-state index in [0.29, 0.717) is 12.6 Å². The summed E-state index contributed by atoms with van der Waals surface area (Å²) in [6.07, 6.45) is 4.35. The number of aryl methyl sites for hydroxylation is 1. The standard InChI is InChI=1S/C17H19BrN2O/c1-3-19(15-6-4-5-12(2)9-15)17(21)16-10-13(18)11-20(16)14-7-8-14/h4-6,9-11,14H,3,7-8H2,1-2H3. The molecule has 0 unspecified atom stereocenters. The van der Waals surface area contributed by atoms with E-state index in [-0.39, 0.29) is 5.91 Å². The molecule has 0 spiro atoms.